The summed E-state index contributed by atoms with van der Waals surface area (Å²) in [5, 5.41) is 70.4. The van der Waals surface area contributed by atoms with Crippen molar-refractivity contribution in [1.29, 1.82) is 0 Å². The first-order valence-electron chi connectivity index (χ1n) is 33.1. The number of hydrogen-bond acceptors (Lipinski definition) is 19. The summed E-state index contributed by atoms with van der Waals surface area (Å²) in [6, 6.07) is 22.7. The molecule has 510 valence electrons. The molecule has 2 unspecified atom stereocenters. The number of aromatic nitrogens is 4. The number of aliphatic carboxylic acids is 1. The average molecular weight is 1330 g/mol. The van der Waals surface area contributed by atoms with Gasteiger partial charge >= 0.3 is 18.0 Å². The SMILES string of the molecule is CNC(=O)CCN(CCOC12CC3(C)CC(C)(CC(Cn4ncc(-c5ccc(N6CCc7cccc(C(=O)Nc8nc9ccccc9s8)c7C6)nc5C(=O)O)c4C)(C3)C1)C2)C(=O)OCc1ccc(NC[C@H](C)NC[C@@H](N)C(C)C)cc1CC[C@@H]1O[C@H](C(=O)O)[C@@H](O)[C@H](O)[C@H]1O. The van der Waals surface area contributed by atoms with Crippen molar-refractivity contribution < 1.29 is 63.7 Å². The van der Waals surface area contributed by atoms with Crippen LogP contribution in [0, 0.1) is 29.1 Å². The predicted molar refractivity (Wildman–Crippen MR) is 359 cm³/mol. The molecule has 0 spiro atoms. The van der Waals surface area contributed by atoms with Gasteiger partial charge < -0.3 is 71.2 Å². The fourth-order valence-corrected chi connectivity index (χ4v) is 17.3. The molecule has 3 aromatic heterocycles. The van der Waals surface area contributed by atoms with E-state index < -0.39 is 54.2 Å². The minimum absolute atomic E-state index is 0.0144. The molecule has 4 saturated carbocycles. The first kappa shape index (κ1) is 68.8. The zero-order valence-electron chi connectivity index (χ0n) is 55.2. The molecule has 25 heteroatoms. The normalized spacial score (nSPS) is 25.9. The van der Waals surface area contributed by atoms with Crippen molar-refractivity contribution >= 4 is 68.0 Å². The van der Waals surface area contributed by atoms with E-state index in [0.29, 0.717) is 83.8 Å². The summed E-state index contributed by atoms with van der Waals surface area (Å²) in [5.74, 6) is -2.37. The standard InChI is InChI=1S/C70H91N11O13S/c1-40(2)51(71)30-73-41(3)28-74-46-17-15-45(44(27-46)16-19-53-58(83)59(84)60(85)61(94-53)64(89)90)32-92-66(91)79(24-22-56(82)72-7)25-26-93-70-36-67(5)33-68(6,37-70)35-69(34-67,38-70)39-81-42(4)49(29-75-81)47-18-20-55(77-57(47)63(87)88)80-23-21-43-11-10-12-48(50(43)31-80)62(86)78-65-76-52-13-8-9-14-54(52)95-65/h8-15,17-18,20,27,29,40-41,51,53,58-61,73-74,83-85H,16,19,21-26,28,30-39,71H2,1-7H3,(H,72,82)(H,87,88)(H,89,90)(H,76,78,86)/t41-,51+,53-,58-,59+,60-,61-,67?,68?,69?,70?/m0/s1. The van der Waals surface area contributed by atoms with Crippen molar-refractivity contribution in [3.8, 4) is 11.1 Å². The van der Waals surface area contributed by atoms with E-state index in [9.17, 15) is 49.5 Å². The molecule has 0 radical (unpaired) electrons. The number of anilines is 3. The van der Waals surface area contributed by atoms with Crippen LogP contribution in [0.3, 0.4) is 0 Å². The van der Waals surface area contributed by atoms with Crippen LogP contribution in [0.2, 0.25) is 0 Å². The van der Waals surface area contributed by atoms with Gasteiger partial charge in [0.05, 0.1) is 34.7 Å². The van der Waals surface area contributed by atoms with Crippen molar-refractivity contribution in [2.45, 2.75) is 174 Å². The molecule has 12 rings (SSSR count). The molecule has 2 aliphatic heterocycles. The third-order valence-electron chi connectivity index (χ3n) is 20.3. The van der Waals surface area contributed by atoms with Gasteiger partial charge in [-0.2, -0.15) is 5.10 Å². The maximum Gasteiger partial charge on any atom is 0.410 e. The summed E-state index contributed by atoms with van der Waals surface area (Å²) in [4.78, 5) is 79.0. The zero-order chi connectivity index (χ0) is 67.7. The number of carboxylic acid groups (broad SMARTS) is 2. The van der Waals surface area contributed by atoms with E-state index in [1.165, 1.54) is 23.3 Å². The maximum absolute atomic E-state index is 14.3. The van der Waals surface area contributed by atoms with E-state index in [-0.39, 0.29) is 91.4 Å². The van der Waals surface area contributed by atoms with E-state index in [4.69, 9.17) is 30.0 Å². The summed E-state index contributed by atoms with van der Waals surface area (Å²) in [6.07, 6.45) is -0.692. The number of carbonyl (C=O) groups is 5. The van der Waals surface area contributed by atoms with Crippen LogP contribution < -0.4 is 31.9 Å². The highest BCUT2D eigenvalue weighted by atomic mass is 32.1. The summed E-state index contributed by atoms with van der Waals surface area (Å²) < 4.78 is 21.8. The fraction of sp³-hybridized carbons (Fsp3) is 0.543. The first-order chi connectivity index (χ1) is 45.2. The second kappa shape index (κ2) is 28.2. The first-order valence-corrected chi connectivity index (χ1v) is 33.9. The van der Waals surface area contributed by atoms with Gasteiger partial charge in [-0.3, -0.25) is 19.6 Å². The van der Waals surface area contributed by atoms with Crippen LogP contribution in [0.5, 0.6) is 0 Å². The number of aromatic carboxylic acids is 1. The largest absolute Gasteiger partial charge is 0.479 e. The molecule has 6 aromatic rings. The number of nitrogens with zero attached hydrogens (tertiary/aromatic N) is 6. The zero-order valence-corrected chi connectivity index (χ0v) is 56.0. The highest BCUT2D eigenvalue weighted by Gasteiger charge is 2.66. The number of nitrogens with two attached hydrogens (primary N) is 1. The highest BCUT2D eigenvalue weighted by Crippen LogP contribution is 2.72. The van der Waals surface area contributed by atoms with Crippen LogP contribution >= 0.6 is 11.3 Å². The van der Waals surface area contributed by atoms with E-state index in [1.807, 2.05) is 90.2 Å². The fourth-order valence-electron chi connectivity index (χ4n) is 16.4. The van der Waals surface area contributed by atoms with Crippen molar-refractivity contribution in [1.82, 2.24) is 35.3 Å². The monoisotopic (exact) mass is 1330 g/mol. The van der Waals surface area contributed by atoms with Crippen LogP contribution in [0.4, 0.5) is 21.4 Å². The lowest BCUT2D eigenvalue weighted by Crippen LogP contribution is -2.64. The number of aliphatic hydroxyl groups is 3. The van der Waals surface area contributed by atoms with Crippen LogP contribution in [0.15, 0.2) is 79.0 Å². The van der Waals surface area contributed by atoms with Crippen LogP contribution in [0.1, 0.15) is 135 Å². The van der Waals surface area contributed by atoms with Crippen molar-refractivity contribution in [3.63, 3.8) is 0 Å². The molecule has 3 amide bonds. The summed E-state index contributed by atoms with van der Waals surface area (Å²) in [6.45, 7) is 15.7. The van der Waals surface area contributed by atoms with Crippen molar-refractivity contribution in [2.75, 3.05) is 61.9 Å². The number of carboxylic acids is 2. The van der Waals surface area contributed by atoms with Gasteiger partial charge in [0, 0.05) is 99.4 Å². The Bertz CT molecular complexity index is 3770. The Labute approximate surface area is 557 Å². The highest BCUT2D eigenvalue weighted by molar-refractivity contribution is 7.22. The molecule has 3 aromatic carbocycles. The Morgan fingerprint density at radius 1 is 0.863 bits per heavy atom. The molecule has 5 fully saturated rings. The molecule has 95 heavy (non-hydrogen) atoms. The number of benzene rings is 3. The van der Waals surface area contributed by atoms with Crippen LogP contribution in [-0.2, 0) is 56.3 Å². The Morgan fingerprint density at radius 3 is 2.36 bits per heavy atom. The van der Waals surface area contributed by atoms with E-state index >= 15 is 0 Å². The number of carbonyl (C=O) groups excluding carboxylic acids is 3. The van der Waals surface area contributed by atoms with Crippen molar-refractivity contribution in [2.24, 2.45) is 27.9 Å². The Hall–Kier alpha value is -7.62. The third kappa shape index (κ3) is 15.3. The number of pyridine rings is 1. The van der Waals surface area contributed by atoms with Gasteiger partial charge in [0.2, 0.25) is 5.91 Å². The summed E-state index contributed by atoms with van der Waals surface area (Å²) >= 11 is 1.41. The molecule has 5 heterocycles. The lowest BCUT2D eigenvalue weighted by atomic mass is 9.39. The number of fused-ring (bicyclic) bond motifs is 2. The van der Waals surface area contributed by atoms with Gasteiger partial charge in [0.15, 0.2) is 16.9 Å². The molecule has 1 saturated heterocycles. The van der Waals surface area contributed by atoms with Gasteiger partial charge in [-0.05, 0) is 159 Å². The maximum atomic E-state index is 14.3. The number of aryl methyl sites for hydroxylation is 1. The molecule has 11 N–H and O–H groups in total. The Kier molecular flexibility index (Phi) is 20.4. The van der Waals surface area contributed by atoms with Gasteiger partial charge in [-0.25, -0.2) is 24.4 Å². The predicted octanol–water partition coefficient (Wildman–Crippen LogP) is 7.53. The van der Waals surface area contributed by atoms with Gasteiger partial charge in [0.25, 0.3) is 5.91 Å². The topological polar surface area (TPSA) is 338 Å². The molecule has 9 atom stereocenters. The number of rotatable bonds is 27. The van der Waals surface area contributed by atoms with E-state index in [2.05, 4.69) is 53.9 Å². The van der Waals surface area contributed by atoms with Gasteiger partial charge in [-0.1, -0.05) is 69.4 Å². The number of para-hydroxylation sites is 1. The average Bonchev–Trinajstić information content (AvgIpc) is 0.890. The summed E-state index contributed by atoms with van der Waals surface area (Å²) in [5.41, 5.74) is 12.6. The molecule has 6 aliphatic rings. The second-order valence-electron chi connectivity index (χ2n) is 28.4. The minimum Gasteiger partial charge on any atom is -0.479 e. The lowest BCUT2D eigenvalue weighted by molar-refractivity contribution is -0.248. The number of amides is 3. The quantitative estimate of drug-likeness (QED) is 0.0238. The minimum atomic E-state index is -1.83. The van der Waals surface area contributed by atoms with Gasteiger partial charge in [0.1, 0.15) is 30.7 Å². The number of hydrogen-bond donors (Lipinski definition) is 10. The molecular formula is C70H91N11O13S. The number of thiazole rings is 1. The van der Waals surface area contributed by atoms with Crippen LogP contribution in [0.25, 0.3) is 21.3 Å². The Balaban J connectivity index is 0.763. The number of nitrogens with one attached hydrogen (secondary N) is 4. The van der Waals surface area contributed by atoms with Crippen molar-refractivity contribution in [3.05, 3.63) is 118 Å². The van der Waals surface area contributed by atoms with E-state index in [1.54, 1.807) is 12.3 Å². The van der Waals surface area contributed by atoms with E-state index in [0.717, 1.165) is 71.2 Å². The number of aliphatic hydroxyl groups excluding tert-OH is 3. The second-order valence-corrected chi connectivity index (χ2v) is 29.5. The summed E-state index contributed by atoms with van der Waals surface area (Å²) in [7, 11) is 1.54. The van der Waals surface area contributed by atoms with Crippen LogP contribution in [-0.4, -0.2) is 175 Å². The lowest BCUT2D eigenvalue weighted by Gasteiger charge is -2.69. The van der Waals surface area contributed by atoms with Gasteiger partial charge in [-0.15, -0.1) is 0 Å². The molecular weight excluding hydrogens is 1230 g/mol. The third-order valence-corrected chi connectivity index (χ3v) is 21.2. The number of ether oxygens (including phenoxy) is 3. The smallest absolute Gasteiger partial charge is 0.410 e. The molecule has 4 aliphatic carbocycles. The Morgan fingerprint density at radius 2 is 1.63 bits per heavy atom. The molecule has 24 nitrogen and oxygen atoms in total. The molecule has 4 bridgehead atoms.